The Balaban J connectivity index is 2.15. The van der Waals surface area contributed by atoms with Gasteiger partial charge in [-0.1, -0.05) is 30.3 Å². The highest BCUT2D eigenvalue weighted by molar-refractivity contribution is 5.96. The normalized spacial score (nSPS) is 10.4. The molecular formula is C18H21N3O3. The summed E-state index contributed by atoms with van der Waals surface area (Å²) < 4.78 is 0. The van der Waals surface area contributed by atoms with E-state index in [4.69, 9.17) is 5.73 Å². The molecule has 0 aromatic heterocycles. The van der Waals surface area contributed by atoms with Crippen molar-refractivity contribution in [3.63, 3.8) is 0 Å². The van der Waals surface area contributed by atoms with Crippen molar-refractivity contribution in [1.29, 1.82) is 0 Å². The van der Waals surface area contributed by atoms with Crippen molar-refractivity contribution in [2.75, 3.05) is 19.6 Å². The van der Waals surface area contributed by atoms with Gasteiger partial charge in [-0.2, -0.15) is 0 Å². The van der Waals surface area contributed by atoms with Crippen LogP contribution in [0.25, 0.3) is 0 Å². The SMILES string of the molecule is Cc1cc([N+](=O)[O-])ccc1C(=O)N(CCN)CCc1ccccc1. The molecule has 0 bridgehead atoms. The molecule has 0 aliphatic carbocycles. The van der Waals surface area contributed by atoms with Gasteiger partial charge in [-0.05, 0) is 30.5 Å². The standard InChI is InChI=1S/C18H21N3O3/c1-14-13-16(21(23)24)7-8-17(14)18(22)20(12-10-19)11-9-15-5-3-2-4-6-15/h2-8,13H,9-12,19H2,1H3. The molecule has 2 aromatic carbocycles. The number of carbonyl (C=O) groups is 1. The molecule has 0 atom stereocenters. The van der Waals surface area contributed by atoms with Gasteiger partial charge in [0.15, 0.2) is 0 Å². The zero-order valence-corrected chi connectivity index (χ0v) is 13.6. The van der Waals surface area contributed by atoms with E-state index in [1.165, 1.54) is 18.2 Å². The van der Waals surface area contributed by atoms with Gasteiger partial charge in [-0.25, -0.2) is 0 Å². The molecule has 6 heteroatoms. The maximum Gasteiger partial charge on any atom is 0.269 e. The van der Waals surface area contributed by atoms with E-state index < -0.39 is 4.92 Å². The summed E-state index contributed by atoms with van der Waals surface area (Å²) in [5.74, 6) is -0.149. The predicted molar refractivity (Wildman–Crippen MR) is 92.9 cm³/mol. The molecule has 0 radical (unpaired) electrons. The number of nitro groups is 1. The van der Waals surface area contributed by atoms with Gasteiger partial charge in [0.1, 0.15) is 0 Å². The van der Waals surface area contributed by atoms with E-state index in [2.05, 4.69) is 0 Å². The Hall–Kier alpha value is -2.73. The van der Waals surface area contributed by atoms with Crippen molar-refractivity contribution in [1.82, 2.24) is 4.90 Å². The Morgan fingerprint density at radius 1 is 1.17 bits per heavy atom. The molecule has 0 aliphatic rings. The number of nitro benzene ring substituents is 1. The third kappa shape index (κ3) is 4.39. The molecule has 126 valence electrons. The number of amides is 1. The quantitative estimate of drug-likeness (QED) is 0.625. The first-order valence-electron chi connectivity index (χ1n) is 7.81. The zero-order chi connectivity index (χ0) is 17.5. The summed E-state index contributed by atoms with van der Waals surface area (Å²) in [6.07, 6.45) is 0.735. The van der Waals surface area contributed by atoms with Crippen LogP contribution in [0.3, 0.4) is 0 Å². The lowest BCUT2D eigenvalue weighted by Gasteiger charge is -2.23. The van der Waals surface area contributed by atoms with Crippen LogP contribution in [-0.2, 0) is 6.42 Å². The van der Waals surface area contributed by atoms with Gasteiger partial charge in [0, 0.05) is 37.3 Å². The van der Waals surface area contributed by atoms with Gasteiger partial charge in [0.2, 0.25) is 0 Å². The van der Waals surface area contributed by atoms with Gasteiger partial charge < -0.3 is 10.6 Å². The number of carbonyl (C=O) groups excluding carboxylic acids is 1. The first-order chi connectivity index (χ1) is 11.5. The number of aryl methyl sites for hydroxylation is 1. The molecule has 0 aliphatic heterocycles. The van der Waals surface area contributed by atoms with E-state index in [1.54, 1.807) is 11.8 Å². The lowest BCUT2D eigenvalue weighted by atomic mass is 10.1. The fraction of sp³-hybridized carbons (Fsp3) is 0.278. The Bertz CT molecular complexity index is 717. The van der Waals surface area contributed by atoms with Crippen LogP contribution < -0.4 is 5.73 Å². The van der Waals surface area contributed by atoms with E-state index in [1.807, 2.05) is 30.3 Å². The summed E-state index contributed by atoms with van der Waals surface area (Å²) in [4.78, 5) is 24.8. The number of nitrogens with two attached hydrogens (primary N) is 1. The van der Waals surface area contributed by atoms with Crippen LogP contribution in [0, 0.1) is 17.0 Å². The minimum absolute atomic E-state index is 0.0151. The van der Waals surface area contributed by atoms with Crippen LogP contribution in [0.1, 0.15) is 21.5 Å². The topological polar surface area (TPSA) is 89.5 Å². The summed E-state index contributed by atoms with van der Waals surface area (Å²) in [5.41, 5.74) is 7.83. The van der Waals surface area contributed by atoms with E-state index in [0.29, 0.717) is 30.8 Å². The van der Waals surface area contributed by atoms with E-state index in [-0.39, 0.29) is 11.6 Å². The van der Waals surface area contributed by atoms with Gasteiger partial charge in [0.05, 0.1) is 4.92 Å². The van der Waals surface area contributed by atoms with Gasteiger partial charge in [0.25, 0.3) is 11.6 Å². The fourth-order valence-corrected chi connectivity index (χ4v) is 2.55. The van der Waals surface area contributed by atoms with Crippen molar-refractivity contribution in [2.45, 2.75) is 13.3 Å². The van der Waals surface area contributed by atoms with Crippen molar-refractivity contribution in [3.8, 4) is 0 Å². The third-order valence-corrected chi connectivity index (χ3v) is 3.85. The maximum absolute atomic E-state index is 12.8. The van der Waals surface area contributed by atoms with E-state index in [9.17, 15) is 14.9 Å². The molecule has 0 heterocycles. The third-order valence-electron chi connectivity index (χ3n) is 3.85. The van der Waals surface area contributed by atoms with Crippen LogP contribution in [0.5, 0.6) is 0 Å². The first-order valence-corrected chi connectivity index (χ1v) is 7.81. The zero-order valence-electron chi connectivity index (χ0n) is 13.6. The lowest BCUT2D eigenvalue weighted by Crippen LogP contribution is -2.37. The molecular weight excluding hydrogens is 306 g/mol. The highest BCUT2D eigenvalue weighted by Crippen LogP contribution is 2.19. The smallest absolute Gasteiger partial charge is 0.269 e. The van der Waals surface area contributed by atoms with Crippen LogP contribution >= 0.6 is 0 Å². The molecule has 2 N–H and O–H groups in total. The summed E-state index contributed by atoms with van der Waals surface area (Å²) in [7, 11) is 0. The van der Waals surface area contributed by atoms with Crippen LogP contribution in [0.15, 0.2) is 48.5 Å². The van der Waals surface area contributed by atoms with Crippen molar-refractivity contribution >= 4 is 11.6 Å². The minimum atomic E-state index is -0.464. The van der Waals surface area contributed by atoms with Crippen LogP contribution in [0.2, 0.25) is 0 Å². The number of benzene rings is 2. The fourth-order valence-electron chi connectivity index (χ4n) is 2.55. The summed E-state index contributed by atoms with van der Waals surface area (Å²) in [6.45, 7) is 3.07. The summed E-state index contributed by atoms with van der Waals surface area (Å²) in [6, 6.07) is 14.2. The minimum Gasteiger partial charge on any atom is -0.337 e. The van der Waals surface area contributed by atoms with Crippen molar-refractivity contribution < 1.29 is 9.72 Å². The number of non-ortho nitro benzene ring substituents is 1. The van der Waals surface area contributed by atoms with Crippen LogP contribution in [0.4, 0.5) is 5.69 Å². The molecule has 0 saturated heterocycles. The second-order valence-corrected chi connectivity index (χ2v) is 5.57. The average molecular weight is 327 g/mol. The number of rotatable bonds is 7. The molecule has 24 heavy (non-hydrogen) atoms. The van der Waals surface area contributed by atoms with E-state index in [0.717, 1.165) is 12.0 Å². The Morgan fingerprint density at radius 2 is 1.88 bits per heavy atom. The number of hydrogen-bond acceptors (Lipinski definition) is 4. The molecule has 2 aromatic rings. The highest BCUT2D eigenvalue weighted by atomic mass is 16.6. The molecule has 2 rings (SSSR count). The number of nitrogens with zero attached hydrogens (tertiary/aromatic N) is 2. The largest absolute Gasteiger partial charge is 0.337 e. The average Bonchev–Trinajstić information content (AvgIpc) is 2.58. The number of hydrogen-bond donors (Lipinski definition) is 1. The molecule has 1 amide bonds. The molecule has 0 unspecified atom stereocenters. The van der Waals surface area contributed by atoms with Crippen LogP contribution in [-0.4, -0.2) is 35.4 Å². The van der Waals surface area contributed by atoms with Gasteiger partial charge in [-0.3, -0.25) is 14.9 Å². The molecule has 0 saturated carbocycles. The Labute approximate surface area is 141 Å². The Kier molecular flexibility index (Phi) is 6.03. The van der Waals surface area contributed by atoms with E-state index >= 15 is 0 Å². The second kappa shape index (κ2) is 8.21. The molecule has 6 nitrogen and oxygen atoms in total. The summed E-state index contributed by atoms with van der Waals surface area (Å²) >= 11 is 0. The molecule has 0 spiro atoms. The first kappa shape index (κ1) is 17.6. The van der Waals surface area contributed by atoms with Crippen molar-refractivity contribution in [2.24, 2.45) is 5.73 Å². The molecule has 0 fully saturated rings. The lowest BCUT2D eigenvalue weighted by molar-refractivity contribution is -0.384. The summed E-state index contributed by atoms with van der Waals surface area (Å²) in [5, 5.41) is 10.8. The second-order valence-electron chi connectivity index (χ2n) is 5.57. The van der Waals surface area contributed by atoms with Gasteiger partial charge >= 0.3 is 0 Å². The predicted octanol–water partition coefficient (Wildman–Crippen LogP) is 2.55. The maximum atomic E-state index is 12.8. The highest BCUT2D eigenvalue weighted by Gasteiger charge is 2.19. The van der Waals surface area contributed by atoms with Crippen molar-refractivity contribution in [3.05, 3.63) is 75.3 Å². The Morgan fingerprint density at radius 3 is 2.46 bits per heavy atom. The monoisotopic (exact) mass is 327 g/mol. The van der Waals surface area contributed by atoms with Gasteiger partial charge in [-0.15, -0.1) is 0 Å².